The highest BCUT2D eigenvalue weighted by atomic mass is 35.5. The van der Waals surface area contributed by atoms with Crippen LogP contribution in [0.2, 0.25) is 5.28 Å². The molecule has 11 heteroatoms. The molecule has 3 heterocycles. The zero-order valence-corrected chi connectivity index (χ0v) is 27.8. The van der Waals surface area contributed by atoms with Gasteiger partial charge in [0, 0.05) is 31.1 Å². The number of carbonyl (C=O) groups is 1. The van der Waals surface area contributed by atoms with Crippen molar-refractivity contribution in [2.24, 2.45) is 16.6 Å². The summed E-state index contributed by atoms with van der Waals surface area (Å²) < 4.78 is 5.88. The van der Waals surface area contributed by atoms with Crippen LogP contribution < -0.4 is 10.6 Å². The fourth-order valence-electron chi connectivity index (χ4n) is 7.54. The normalized spacial score (nSPS) is 20.6. The lowest BCUT2D eigenvalue weighted by molar-refractivity contribution is -0.809. The lowest BCUT2D eigenvalue weighted by Gasteiger charge is -2.45. The third-order valence-electron chi connectivity index (χ3n) is 10.1. The number of anilines is 1. The minimum Gasteiger partial charge on any atom is -0.448 e. The van der Waals surface area contributed by atoms with Crippen LogP contribution in [0.25, 0.3) is 11.1 Å². The first kappa shape index (κ1) is 31.6. The van der Waals surface area contributed by atoms with E-state index in [-0.39, 0.29) is 46.3 Å². The Balaban J connectivity index is 1.07. The van der Waals surface area contributed by atoms with Gasteiger partial charge in [-0.1, -0.05) is 74.5 Å². The van der Waals surface area contributed by atoms with Gasteiger partial charge in [-0.25, -0.2) is 14.8 Å². The number of aliphatic imine (C=N–C) groups is 1. The highest BCUT2D eigenvalue weighted by Crippen LogP contribution is 2.44. The quantitative estimate of drug-likeness (QED) is 0.0886. The van der Waals surface area contributed by atoms with Crippen LogP contribution in [0.3, 0.4) is 0 Å². The Labute approximate surface area is 285 Å². The number of guanidine groups is 1. The Morgan fingerprint density at radius 1 is 1.08 bits per heavy atom. The highest BCUT2D eigenvalue weighted by molar-refractivity contribution is 6.28. The minimum atomic E-state index is -0.326. The zero-order chi connectivity index (χ0) is 33.4. The van der Waals surface area contributed by atoms with Crippen LogP contribution in [0, 0.1) is 17.4 Å². The number of fused-ring (bicyclic) bond motifs is 4. The number of rotatable bonds is 5. The fourth-order valence-corrected chi connectivity index (χ4v) is 7.68. The largest absolute Gasteiger partial charge is 0.448 e. The number of nitrogens with zero attached hydrogens (tertiary/aromatic N) is 7. The molecular weight excluding hydrogens is 624 g/mol. The van der Waals surface area contributed by atoms with Crippen molar-refractivity contribution in [3.8, 4) is 17.3 Å². The Morgan fingerprint density at radius 3 is 2.50 bits per heavy atom. The third-order valence-corrected chi connectivity index (χ3v) is 10.2. The van der Waals surface area contributed by atoms with Crippen molar-refractivity contribution < 1.29 is 14.0 Å². The van der Waals surface area contributed by atoms with Crippen LogP contribution in [0.4, 0.5) is 16.3 Å². The molecule has 0 radical (unpaired) electrons. The van der Waals surface area contributed by atoms with Gasteiger partial charge >= 0.3 is 18.2 Å². The van der Waals surface area contributed by atoms with E-state index < -0.39 is 0 Å². The molecule has 3 aromatic carbocycles. The first-order chi connectivity index (χ1) is 23.3. The van der Waals surface area contributed by atoms with Gasteiger partial charge in [0.25, 0.3) is 0 Å². The smallest absolute Gasteiger partial charge is 0.410 e. The van der Waals surface area contributed by atoms with Gasteiger partial charge in [0.15, 0.2) is 0 Å². The topological polar surface area (TPSA) is 121 Å². The molecule has 2 unspecified atom stereocenters. The van der Waals surface area contributed by atoms with E-state index in [0.29, 0.717) is 39.1 Å². The van der Waals surface area contributed by atoms with Crippen molar-refractivity contribution >= 4 is 35.2 Å². The maximum absolute atomic E-state index is 13.4. The second kappa shape index (κ2) is 12.9. The summed E-state index contributed by atoms with van der Waals surface area (Å²) in [5, 5.41) is 10.8. The van der Waals surface area contributed by atoms with Gasteiger partial charge < -0.3 is 20.3 Å². The van der Waals surface area contributed by atoms with Crippen LogP contribution in [0.5, 0.6) is 0 Å². The number of carbonyl (C=O) groups excluding carboxylic acids is 1. The Hall–Kier alpha value is -4.98. The summed E-state index contributed by atoms with van der Waals surface area (Å²) >= 11 is 6.07. The summed E-state index contributed by atoms with van der Waals surface area (Å²) in [4.78, 5) is 30.6. The predicted molar refractivity (Wildman–Crippen MR) is 186 cm³/mol. The van der Waals surface area contributed by atoms with Crippen molar-refractivity contribution in [2.45, 2.75) is 38.8 Å². The molecule has 7 rings (SSSR count). The number of aromatic nitrogens is 2. The van der Waals surface area contributed by atoms with E-state index in [2.05, 4.69) is 59.2 Å². The molecule has 1 saturated heterocycles. The number of hydrogen-bond donors (Lipinski definition) is 1. The standard InChI is InChI=1S/C37H38ClN8O2/c1-24(2)33-21-44(34-14-16-41-35(38)43-34)18-19-46(33,23-39)36(40)42-32-13-7-8-25-20-45(17-15-26(25)32)37(47)48-22-31-29-11-5-3-9-27(29)28-10-4-6-12-30(28)31/h3-14,16,24,31,33H,15,17-22H2,1-2H3,(H2,40,42)/q+1. The number of amides is 1. The van der Waals surface area contributed by atoms with Crippen molar-refractivity contribution in [3.63, 3.8) is 0 Å². The predicted octanol–water partition coefficient (Wildman–Crippen LogP) is 6.23. The monoisotopic (exact) mass is 661 g/mol. The number of piperazine rings is 1. The molecule has 2 atom stereocenters. The van der Waals surface area contributed by atoms with Gasteiger partial charge in [0.05, 0.1) is 18.8 Å². The summed E-state index contributed by atoms with van der Waals surface area (Å²) in [5.41, 5.74) is 14.3. The van der Waals surface area contributed by atoms with Crippen molar-refractivity contribution in [2.75, 3.05) is 37.7 Å². The number of hydrogen-bond acceptors (Lipinski definition) is 7. The molecule has 0 saturated carbocycles. The van der Waals surface area contributed by atoms with Crippen LogP contribution in [0.15, 0.2) is 84.0 Å². The number of nitrogens with two attached hydrogens (primary N) is 1. The van der Waals surface area contributed by atoms with Crippen LogP contribution >= 0.6 is 11.6 Å². The average molecular weight is 662 g/mol. The Morgan fingerprint density at radius 2 is 1.81 bits per heavy atom. The molecule has 4 aromatic rings. The number of quaternary nitrogens is 1. The summed E-state index contributed by atoms with van der Waals surface area (Å²) in [5.74, 6) is 1.14. The minimum absolute atomic E-state index is 0.00761. The SMILES string of the molecule is CC(C)C1CN(c2ccnc(Cl)n2)CC[N+]1(C#N)C(N)=Nc1cccc2c1CCN(C(=O)OCC1c3ccccc3-c3ccccc31)C2. The molecule has 1 amide bonds. The lowest BCUT2D eigenvalue weighted by Crippen LogP contribution is -2.69. The van der Waals surface area contributed by atoms with Gasteiger partial charge in [0.2, 0.25) is 5.28 Å². The maximum Gasteiger partial charge on any atom is 0.410 e. The van der Waals surface area contributed by atoms with E-state index in [1.165, 1.54) is 22.3 Å². The van der Waals surface area contributed by atoms with Crippen LogP contribution in [-0.4, -0.2) is 70.2 Å². The number of ether oxygens (including phenoxy) is 1. The first-order valence-corrected chi connectivity index (χ1v) is 16.7. The van der Waals surface area contributed by atoms with E-state index in [1.807, 2.05) is 48.5 Å². The summed E-state index contributed by atoms with van der Waals surface area (Å²) in [6, 6.07) is 24.2. The van der Waals surface area contributed by atoms with Gasteiger partial charge in [-0.2, -0.15) is 9.48 Å². The summed E-state index contributed by atoms with van der Waals surface area (Å²) in [7, 11) is 0. The van der Waals surface area contributed by atoms with E-state index in [1.54, 1.807) is 11.1 Å². The summed E-state index contributed by atoms with van der Waals surface area (Å²) in [6.07, 6.45) is 4.45. The first-order valence-electron chi connectivity index (χ1n) is 16.4. The van der Waals surface area contributed by atoms with Crippen molar-refractivity contribution in [3.05, 3.63) is 107 Å². The molecular formula is C37H38ClN8O2+. The molecule has 10 nitrogen and oxygen atoms in total. The molecule has 244 valence electrons. The number of nitriles is 1. The highest BCUT2D eigenvalue weighted by Gasteiger charge is 2.49. The second-order valence-electron chi connectivity index (χ2n) is 13.0. The molecule has 1 aromatic heterocycles. The van der Waals surface area contributed by atoms with Crippen molar-refractivity contribution in [1.29, 1.82) is 5.26 Å². The molecule has 3 aliphatic rings. The summed E-state index contributed by atoms with van der Waals surface area (Å²) in [6.45, 7) is 6.96. The van der Waals surface area contributed by atoms with E-state index in [0.717, 1.165) is 22.6 Å². The average Bonchev–Trinajstić information content (AvgIpc) is 3.43. The third kappa shape index (κ3) is 5.63. The Kier molecular flexibility index (Phi) is 8.50. The molecule has 1 fully saturated rings. The molecule has 2 aliphatic heterocycles. The molecule has 0 spiro atoms. The van der Waals surface area contributed by atoms with E-state index in [9.17, 15) is 10.1 Å². The van der Waals surface area contributed by atoms with Gasteiger partial charge in [-0.3, -0.25) is 0 Å². The van der Waals surface area contributed by atoms with Crippen LogP contribution in [-0.2, 0) is 17.7 Å². The number of benzene rings is 3. The maximum atomic E-state index is 13.4. The second-order valence-corrected chi connectivity index (χ2v) is 13.3. The van der Waals surface area contributed by atoms with Gasteiger partial charge in [-0.05, 0) is 63.5 Å². The van der Waals surface area contributed by atoms with Gasteiger partial charge in [-0.15, -0.1) is 5.26 Å². The molecule has 1 aliphatic carbocycles. The van der Waals surface area contributed by atoms with Gasteiger partial charge in [0.1, 0.15) is 25.0 Å². The molecule has 0 bridgehead atoms. The number of halogens is 1. The van der Waals surface area contributed by atoms with Crippen LogP contribution in [0.1, 0.15) is 42.0 Å². The molecule has 2 N–H and O–H groups in total. The lowest BCUT2D eigenvalue weighted by atomic mass is 9.96. The van der Waals surface area contributed by atoms with Crippen molar-refractivity contribution in [1.82, 2.24) is 14.9 Å². The zero-order valence-electron chi connectivity index (χ0n) is 27.1. The fraction of sp³-hybridized carbons (Fsp3) is 0.324. The van der Waals surface area contributed by atoms with E-state index >= 15 is 0 Å². The Bertz CT molecular complexity index is 1900. The van der Waals surface area contributed by atoms with E-state index in [4.69, 9.17) is 27.1 Å². The molecule has 48 heavy (non-hydrogen) atoms.